The molecule has 0 saturated heterocycles. The molecule has 0 radical (unpaired) electrons. The highest BCUT2D eigenvalue weighted by molar-refractivity contribution is 5.65. The van der Waals surface area contributed by atoms with Gasteiger partial charge in [0.2, 0.25) is 5.52 Å². The second-order valence-corrected chi connectivity index (χ2v) is 7.03. The molecule has 0 unspecified atom stereocenters. The van der Waals surface area contributed by atoms with Crippen molar-refractivity contribution in [3.05, 3.63) is 92.9 Å². The summed E-state index contributed by atoms with van der Waals surface area (Å²) in [6, 6.07) is 18.4. The molecule has 0 amide bonds. The number of nitrogens with zero attached hydrogens (tertiary/aromatic N) is 3. The third-order valence-corrected chi connectivity index (χ3v) is 5.05. The smallest absolute Gasteiger partial charge is 0.388 e. The average Bonchev–Trinajstić information content (AvgIpc) is 3.17. The van der Waals surface area contributed by atoms with Gasteiger partial charge < -0.3 is 4.74 Å². The van der Waals surface area contributed by atoms with Crippen LogP contribution in [-0.4, -0.2) is 20.7 Å². The molecule has 7 heteroatoms. The van der Waals surface area contributed by atoms with Gasteiger partial charge in [-0.25, -0.2) is 18.5 Å². The minimum atomic E-state index is -0.356. The van der Waals surface area contributed by atoms with Crippen molar-refractivity contribution in [2.24, 2.45) is 14.1 Å². The van der Waals surface area contributed by atoms with Crippen molar-refractivity contribution in [2.45, 2.75) is 13.0 Å². The molecule has 0 aliphatic carbocycles. The van der Waals surface area contributed by atoms with E-state index in [1.165, 1.54) is 22.7 Å². The van der Waals surface area contributed by atoms with Crippen LogP contribution in [0.4, 0.5) is 0 Å². The largest absolute Gasteiger partial charge is 0.490 e. The normalized spacial score (nSPS) is 11.1. The fourth-order valence-corrected chi connectivity index (χ4v) is 3.47. The summed E-state index contributed by atoms with van der Waals surface area (Å²) in [7, 11) is 3.13. The summed E-state index contributed by atoms with van der Waals surface area (Å²) < 4.78 is 10.2. The Morgan fingerprint density at radius 2 is 1.62 bits per heavy atom. The lowest BCUT2D eigenvalue weighted by molar-refractivity contribution is -0.674. The fraction of sp³-hybridized carbons (Fsp3) is 0.227. The standard InChI is InChI=1S/C22H22N4O3/c1-24-20-19(21(27)25(2)22(24)28)23-15-26(20)12-13-29-18-10-8-17(9-11-18)14-16-6-4-3-5-7-16/h3-11,15H,12-14H2,1-2H3/p+1. The Hall–Kier alpha value is -3.61. The molecule has 0 aliphatic rings. The van der Waals surface area contributed by atoms with Gasteiger partial charge in [-0.2, -0.15) is 0 Å². The van der Waals surface area contributed by atoms with Crippen molar-refractivity contribution >= 4 is 11.2 Å². The molecule has 0 spiro atoms. The molecule has 148 valence electrons. The molecule has 0 fully saturated rings. The number of ether oxygens (including phenoxy) is 1. The molecule has 0 aliphatic heterocycles. The highest BCUT2D eigenvalue weighted by atomic mass is 16.5. The van der Waals surface area contributed by atoms with E-state index in [0.29, 0.717) is 24.3 Å². The summed E-state index contributed by atoms with van der Waals surface area (Å²) in [5.41, 5.74) is 2.76. The van der Waals surface area contributed by atoms with Crippen LogP contribution in [-0.2, 0) is 27.1 Å². The Bertz CT molecular complexity index is 1250. The number of aromatic nitrogens is 4. The molecular formula is C22H23N4O3+. The first-order valence-corrected chi connectivity index (χ1v) is 9.47. The van der Waals surface area contributed by atoms with E-state index in [2.05, 4.69) is 29.2 Å². The second-order valence-electron chi connectivity index (χ2n) is 7.03. The summed E-state index contributed by atoms with van der Waals surface area (Å²) in [5, 5.41) is 0. The monoisotopic (exact) mass is 391 g/mol. The van der Waals surface area contributed by atoms with Gasteiger partial charge in [0.25, 0.3) is 5.65 Å². The topological polar surface area (TPSA) is 72.9 Å². The first-order valence-electron chi connectivity index (χ1n) is 9.47. The summed E-state index contributed by atoms with van der Waals surface area (Å²) in [4.78, 5) is 27.4. The lowest BCUT2D eigenvalue weighted by Crippen LogP contribution is -2.43. The van der Waals surface area contributed by atoms with E-state index in [1.54, 1.807) is 13.4 Å². The molecule has 0 bridgehead atoms. The number of imidazole rings is 1. The molecule has 2 heterocycles. The number of hydrogen-bond acceptors (Lipinski definition) is 3. The molecular weight excluding hydrogens is 368 g/mol. The number of hydrogen-bond donors (Lipinski definition) is 1. The predicted molar refractivity (Wildman–Crippen MR) is 110 cm³/mol. The van der Waals surface area contributed by atoms with E-state index in [0.717, 1.165) is 16.7 Å². The third kappa shape index (κ3) is 3.71. The van der Waals surface area contributed by atoms with Gasteiger partial charge in [0.1, 0.15) is 18.9 Å². The Balaban J connectivity index is 1.43. The Morgan fingerprint density at radius 3 is 2.34 bits per heavy atom. The van der Waals surface area contributed by atoms with Crippen LogP contribution >= 0.6 is 0 Å². The first kappa shape index (κ1) is 18.7. The van der Waals surface area contributed by atoms with Crippen molar-refractivity contribution in [3.63, 3.8) is 0 Å². The minimum absolute atomic E-state index is 0.336. The van der Waals surface area contributed by atoms with Crippen molar-refractivity contribution in [1.82, 2.24) is 14.1 Å². The molecule has 0 saturated carbocycles. The van der Waals surface area contributed by atoms with Crippen molar-refractivity contribution in [3.8, 4) is 5.75 Å². The van der Waals surface area contributed by atoms with Crippen LogP contribution in [0.5, 0.6) is 5.75 Å². The number of H-pyrrole nitrogens is 1. The van der Waals surface area contributed by atoms with Gasteiger partial charge in [0.05, 0.1) is 7.05 Å². The van der Waals surface area contributed by atoms with Crippen LogP contribution in [0.2, 0.25) is 0 Å². The zero-order valence-corrected chi connectivity index (χ0v) is 16.5. The maximum atomic E-state index is 12.2. The molecule has 4 aromatic rings. The Kier molecular flexibility index (Phi) is 5.03. The van der Waals surface area contributed by atoms with Crippen LogP contribution in [0.15, 0.2) is 70.5 Å². The van der Waals surface area contributed by atoms with Crippen LogP contribution in [0.1, 0.15) is 11.1 Å². The summed E-state index contributed by atoms with van der Waals surface area (Å²) in [6.07, 6.45) is 2.58. The fourth-order valence-electron chi connectivity index (χ4n) is 3.47. The van der Waals surface area contributed by atoms with E-state index in [4.69, 9.17) is 4.74 Å². The van der Waals surface area contributed by atoms with E-state index >= 15 is 0 Å². The molecule has 1 N–H and O–H groups in total. The number of nitrogens with one attached hydrogen (secondary N) is 1. The molecule has 2 aromatic carbocycles. The van der Waals surface area contributed by atoms with Crippen LogP contribution in [0, 0.1) is 0 Å². The number of rotatable bonds is 6. The van der Waals surface area contributed by atoms with Gasteiger partial charge in [0, 0.05) is 7.05 Å². The molecule has 4 rings (SSSR count). The van der Waals surface area contributed by atoms with Gasteiger partial charge in [-0.1, -0.05) is 42.5 Å². The lowest BCUT2D eigenvalue weighted by Gasteiger charge is -2.07. The zero-order valence-electron chi connectivity index (χ0n) is 16.5. The maximum absolute atomic E-state index is 12.2. The highest BCUT2D eigenvalue weighted by Gasteiger charge is 2.19. The van der Waals surface area contributed by atoms with E-state index < -0.39 is 0 Å². The van der Waals surface area contributed by atoms with Crippen LogP contribution in [0.3, 0.4) is 0 Å². The van der Waals surface area contributed by atoms with E-state index in [9.17, 15) is 9.59 Å². The van der Waals surface area contributed by atoms with E-state index in [1.807, 2.05) is 34.9 Å². The quantitative estimate of drug-likeness (QED) is 0.507. The second kappa shape index (κ2) is 7.79. The number of aromatic amines is 1. The number of benzene rings is 2. The average molecular weight is 391 g/mol. The molecule has 29 heavy (non-hydrogen) atoms. The van der Waals surface area contributed by atoms with Gasteiger partial charge in [-0.05, 0) is 29.7 Å². The number of fused-ring (bicyclic) bond motifs is 1. The van der Waals surface area contributed by atoms with Crippen molar-refractivity contribution in [1.29, 1.82) is 0 Å². The SMILES string of the molecule is Cn1c(=O)c2[nH]c[n+](CCOc3ccc(Cc4ccccc4)cc3)c2n(C)c1=O. The Morgan fingerprint density at radius 1 is 0.931 bits per heavy atom. The zero-order chi connectivity index (χ0) is 20.4. The maximum Gasteiger partial charge on any atom is 0.388 e. The van der Waals surface area contributed by atoms with Gasteiger partial charge >= 0.3 is 11.2 Å². The molecule has 0 atom stereocenters. The molecule has 7 nitrogen and oxygen atoms in total. The first-order chi connectivity index (χ1) is 14.0. The Labute approximate surface area is 167 Å². The van der Waals surface area contributed by atoms with Crippen LogP contribution in [0.25, 0.3) is 11.2 Å². The summed E-state index contributed by atoms with van der Waals surface area (Å²) >= 11 is 0. The predicted octanol–water partition coefficient (Wildman–Crippen LogP) is 1.52. The van der Waals surface area contributed by atoms with Crippen molar-refractivity contribution < 1.29 is 9.30 Å². The van der Waals surface area contributed by atoms with Gasteiger partial charge in [0.15, 0.2) is 6.33 Å². The lowest BCUT2D eigenvalue weighted by atomic mass is 10.1. The van der Waals surface area contributed by atoms with E-state index in [-0.39, 0.29) is 11.2 Å². The van der Waals surface area contributed by atoms with Gasteiger partial charge in [-0.3, -0.25) is 9.78 Å². The molecule has 2 aromatic heterocycles. The summed E-state index contributed by atoms with van der Waals surface area (Å²) in [5.74, 6) is 0.784. The van der Waals surface area contributed by atoms with Crippen LogP contribution < -0.4 is 20.6 Å². The highest BCUT2D eigenvalue weighted by Crippen LogP contribution is 2.15. The minimum Gasteiger partial charge on any atom is -0.490 e. The summed E-state index contributed by atoms with van der Waals surface area (Å²) in [6.45, 7) is 0.922. The van der Waals surface area contributed by atoms with Gasteiger partial charge in [-0.15, -0.1) is 0 Å². The number of aryl methyl sites for hydroxylation is 1. The van der Waals surface area contributed by atoms with Crippen molar-refractivity contribution in [2.75, 3.05) is 6.61 Å². The third-order valence-electron chi connectivity index (χ3n) is 5.05.